The number of phenolic OH excluding ortho intramolecular Hbond substituents is 1. The number of fused-ring (bicyclic) bond motifs is 3. The summed E-state index contributed by atoms with van der Waals surface area (Å²) in [6, 6.07) is 8.19. The Balaban J connectivity index is 1.33. The molecule has 16 heteroatoms. The lowest BCUT2D eigenvalue weighted by Gasteiger charge is -2.46. The van der Waals surface area contributed by atoms with Gasteiger partial charge in [0, 0.05) is 49.8 Å². The van der Waals surface area contributed by atoms with E-state index in [0.29, 0.717) is 16.8 Å². The van der Waals surface area contributed by atoms with Gasteiger partial charge in [-0.15, -0.1) is 0 Å². The van der Waals surface area contributed by atoms with E-state index in [0.717, 1.165) is 0 Å². The van der Waals surface area contributed by atoms with Crippen LogP contribution in [0.2, 0.25) is 0 Å². The summed E-state index contributed by atoms with van der Waals surface area (Å²) in [4.78, 5) is 41.1. The highest BCUT2D eigenvalue weighted by Crippen LogP contribution is 2.53. The Bertz CT molecular complexity index is 1820. The number of para-hydroxylation sites is 1. The van der Waals surface area contributed by atoms with E-state index in [1.165, 1.54) is 0 Å². The molecule has 6 rings (SSSR count). The third-order valence-electron chi connectivity index (χ3n) is 10.1. The van der Waals surface area contributed by atoms with Crippen LogP contribution in [0, 0.1) is 11.8 Å². The number of aliphatic hydroxyl groups excluding tert-OH is 6. The average molecular weight is 698 g/mol. The zero-order chi connectivity index (χ0) is 36.4. The van der Waals surface area contributed by atoms with Gasteiger partial charge in [-0.3, -0.25) is 14.4 Å². The smallest absolute Gasteiger partial charge is 0.255 e. The number of carbonyl (C=O) groups is 3. The fraction of sp³-hybridized carbons (Fsp3) is 0.441. The van der Waals surface area contributed by atoms with Crippen molar-refractivity contribution in [1.29, 1.82) is 0 Å². The molecule has 0 bridgehead atoms. The van der Waals surface area contributed by atoms with Crippen molar-refractivity contribution in [3.05, 3.63) is 69.7 Å². The van der Waals surface area contributed by atoms with E-state index in [-0.39, 0.29) is 48.4 Å². The largest absolute Gasteiger partial charge is 0.511 e. The summed E-state index contributed by atoms with van der Waals surface area (Å²) in [5.74, 6) is -7.00. The van der Waals surface area contributed by atoms with Crippen LogP contribution in [-0.4, -0.2) is 115 Å². The van der Waals surface area contributed by atoms with Gasteiger partial charge in [-0.1, -0.05) is 18.2 Å². The quantitative estimate of drug-likeness (QED) is 0.122. The summed E-state index contributed by atoms with van der Waals surface area (Å²) in [6.45, 7) is -0.654. The van der Waals surface area contributed by atoms with Crippen molar-refractivity contribution >= 4 is 28.8 Å². The number of ether oxygens (including phenoxy) is 2. The minimum Gasteiger partial charge on any atom is -0.511 e. The van der Waals surface area contributed by atoms with Gasteiger partial charge < -0.3 is 66.3 Å². The van der Waals surface area contributed by atoms with Crippen LogP contribution >= 0.6 is 0 Å². The van der Waals surface area contributed by atoms with E-state index in [9.17, 15) is 55.2 Å². The molecule has 1 fully saturated rings. The number of amides is 1. The van der Waals surface area contributed by atoms with Gasteiger partial charge in [0.2, 0.25) is 12.1 Å². The van der Waals surface area contributed by atoms with Gasteiger partial charge in [0.05, 0.1) is 17.9 Å². The molecule has 0 spiro atoms. The molecule has 0 aromatic heterocycles. The molecule has 2 aromatic carbocycles. The number of hydrogen-bond donors (Lipinski definition) is 10. The van der Waals surface area contributed by atoms with Crippen LogP contribution in [0.4, 0.5) is 11.4 Å². The topological polar surface area (TPSA) is 273 Å². The van der Waals surface area contributed by atoms with E-state index >= 15 is 0 Å². The minimum atomic E-state index is -2.68. The van der Waals surface area contributed by atoms with Gasteiger partial charge in [-0.25, -0.2) is 0 Å². The maximum absolute atomic E-state index is 14.2. The third-order valence-corrected chi connectivity index (χ3v) is 10.1. The number of ketones is 2. The van der Waals surface area contributed by atoms with Crippen LogP contribution in [0.3, 0.4) is 0 Å². The summed E-state index contributed by atoms with van der Waals surface area (Å²) in [6.07, 6.45) is -7.70. The maximum Gasteiger partial charge on any atom is 0.255 e. The molecule has 1 aliphatic heterocycles. The van der Waals surface area contributed by atoms with E-state index < -0.39 is 95.1 Å². The lowest BCUT2D eigenvalue weighted by Crippen LogP contribution is -2.60. The minimum absolute atomic E-state index is 0.00176. The first kappa shape index (κ1) is 35.1. The Morgan fingerprint density at radius 3 is 2.44 bits per heavy atom. The molecule has 11 N–H and O–H groups in total. The fourth-order valence-electron chi connectivity index (χ4n) is 7.45. The number of Topliss-reactive ketones (excluding diaryl/α,β-unsaturated/α-hetero) is 2. The van der Waals surface area contributed by atoms with Gasteiger partial charge in [-0.2, -0.15) is 0 Å². The number of phenols is 1. The summed E-state index contributed by atoms with van der Waals surface area (Å²) in [7, 11) is 3.47. The lowest BCUT2D eigenvalue weighted by atomic mass is 9.60. The number of primary amides is 1. The number of aromatic hydroxyl groups is 1. The number of aliphatic hydroxyl groups is 7. The molecule has 268 valence electrons. The predicted octanol–water partition coefficient (Wildman–Crippen LogP) is -0.563. The number of nitrogens with two attached hydrogens (primary N) is 1. The van der Waals surface area contributed by atoms with Crippen LogP contribution in [0.25, 0.3) is 0 Å². The second-order valence-electron chi connectivity index (χ2n) is 13.2. The molecule has 0 unspecified atom stereocenters. The highest BCUT2D eigenvalue weighted by atomic mass is 16.7. The van der Waals surface area contributed by atoms with Crippen LogP contribution < -0.4 is 20.7 Å². The van der Waals surface area contributed by atoms with Gasteiger partial charge in [0.1, 0.15) is 53.0 Å². The van der Waals surface area contributed by atoms with Crippen LogP contribution in [-0.2, 0) is 27.3 Å². The summed E-state index contributed by atoms with van der Waals surface area (Å²) in [5.41, 5.74) is 2.90. The standard InChI is InChI=1S/C34H39N3O13/c1-37(2)18-10-17(36-11-13-5-3-4-6-20(13)49-33-29(44)28(43)26(41)21(12-38)50-33)25(40)23-16(18)8-14-7-15-9-19(39)24(32(35)47)31(46)34(15,48)30(45)22(14)27(23)42/h3-6,10,14-15,21,26,28-29,33,36,38-41,43-45,48H,7-9,11-12H2,1-2H3,(H2,35,47)/t14-,15+,21-,26-,28+,29-,33-,34+/m1/s1. The zero-order valence-corrected chi connectivity index (χ0v) is 27.1. The second-order valence-corrected chi connectivity index (χ2v) is 13.2. The van der Waals surface area contributed by atoms with Gasteiger partial charge in [0.15, 0.2) is 11.4 Å². The third kappa shape index (κ3) is 5.44. The van der Waals surface area contributed by atoms with Crippen LogP contribution in [0.15, 0.2) is 53.0 Å². The molecule has 0 saturated carbocycles. The molecule has 16 nitrogen and oxygen atoms in total. The monoisotopic (exact) mass is 697 g/mol. The Morgan fingerprint density at radius 1 is 1.08 bits per heavy atom. The molecular formula is C34H39N3O13. The van der Waals surface area contributed by atoms with Crippen LogP contribution in [0.5, 0.6) is 11.5 Å². The van der Waals surface area contributed by atoms with Crippen molar-refractivity contribution in [1.82, 2.24) is 0 Å². The second kappa shape index (κ2) is 12.9. The number of rotatable bonds is 8. The average Bonchev–Trinajstić information content (AvgIpc) is 3.06. The van der Waals surface area contributed by atoms with E-state index in [1.807, 2.05) is 0 Å². The van der Waals surface area contributed by atoms with Crippen molar-refractivity contribution in [3.8, 4) is 11.5 Å². The van der Waals surface area contributed by atoms with Crippen molar-refractivity contribution < 1.29 is 64.7 Å². The molecule has 4 aliphatic rings. The van der Waals surface area contributed by atoms with Crippen molar-refractivity contribution in [2.24, 2.45) is 17.6 Å². The molecule has 50 heavy (non-hydrogen) atoms. The molecule has 2 aromatic rings. The van der Waals surface area contributed by atoms with E-state index in [2.05, 4.69) is 5.32 Å². The lowest BCUT2D eigenvalue weighted by molar-refractivity contribution is -0.277. The number of allylic oxidation sites excluding steroid dienone is 2. The van der Waals surface area contributed by atoms with Crippen molar-refractivity contribution in [2.75, 3.05) is 30.9 Å². The number of hydrogen-bond acceptors (Lipinski definition) is 15. The molecule has 8 atom stereocenters. The zero-order valence-electron chi connectivity index (χ0n) is 27.1. The van der Waals surface area contributed by atoms with Crippen molar-refractivity contribution in [2.45, 2.75) is 62.1 Å². The fourth-order valence-corrected chi connectivity index (χ4v) is 7.45. The number of nitrogens with one attached hydrogen (secondary N) is 1. The number of carbonyl (C=O) groups excluding carboxylic acids is 3. The molecule has 1 amide bonds. The highest BCUT2D eigenvalue weighted by Gasteiger charge is 2.60. The Kier molecular flexibility index (Phi) is 9.05. The van der Waals surface area contributed by atoms with Crippen molar-refractivity contribution in [3.63, 3.8) is 0 Å². The number of anilines is 2. The molecule has 0 radical (unpaired) electrons. The molecule has 1 saturated heterocycles. The van der Waals surface area contributed by atoms with Crippen LogP contribution in [0.1, 0.15) is 34.3 Å². The first-order chi connectivity index (χ1) is 23.6. The Hall–Kier alpha value is -4.71. The maximum atomic E-state index is 14.2. The Labute approximate surface area is 285 Å². The molecule has 1 heterocycles. The van der Waals surface area contributed by atoms with Gasteiger partial charge in [0.25, 0.3) is 5.91 Å². The van der Waals surface area contributed by atoms with E-state index in [4.69, 9.17) is 15.2 Å². The predicted molar refractivity (Wildman–Crippen MR) is 173 cm³/mol. The molecular weight excluding hydrogens is 658 g/mol. The van der Waals surface area contributed by atoms with E-state index in [1.54, 1.807) is 49.3 Å². The van der Waals surface area contributed by atoms with Gasteiger partial charge >= 0.3 is 0 Å². The number of benzene rings is 2. The number of nitrogens with zero attached hydrogens (tertiary/aromatic N) is 1. The van der Waals surface area contributed by atoms with Gasteiger partial charge in [-0.05, 0) is 36.5 Å². The normalized spacial score (nSPS) is 30.7. The summed E-state index contributed by atoms with van der Waals surface area (Å²) >= 11 is 0. The summed E-state index contributed by atoms with van der Waals surface area (Å²) < 4.78 is 11.3. The first-order valence-electron chi connectivity index (χ1n) is 15.9. The SMILES string of the molecule is CN(C)c1cc(NCc2ccccc2O[C@@H]2O[C@H](CO)[C@@H](O)[C@H](O)[C@H]2O)c(O)c2c1C[C@H]1C[C@H]3CC(O)=C(C(N)=O)C(=O)[C@@]3(O)C(O)=C1C2=O. The molecule has 3 aliphatic carbocycles. The first-order valence-corrected chi connectivity index (χ1v) is 15.9. The highest BCUT2D eigenvalue weighted by molar-refractivity contribution is 6.24. The Morgan fingerprint density at radius 2 is 1.78 bits per heavy atom. The summed E-state index contributed by atoms with van der Waals surface area (Å²) in [5, 5.41) is 88.2.